The van der Waals surface area contributed by atoms with Crippen LogP contribution in [0.1, 0.15) is 19.3 Å². The average Bonchev–Trinajstić information content (AvgIpc) is 2.16. The summed E-state index contributed by atoms with van der Waals surface area (Å²) in [6, 6.07) is 0. The highest BCUT2D eigenvalue weighted by molar-refractivity contribution is 5.69. The topological polar surface area (TPSA) is 49.8 Å². The van der Waals surface area contributed by atoms with Gasteiger partial charge in [0.15, 0.2) is 0 Å². The van der Waals surface area contributed by atoms with E-state index in [2.05, 4.69) is 0 Å². The van der Waals surface area contributed by atoms with Crippen LogP contribution in [-0.4, -0.2) is 49.3 Å². The van der Waals surface area contributed by atoms with Crippen molar-refractivity contribution in [2.24, 2.45) is 5.92 Å². The third-order valence-electron chi connectivity index (χ3n) is 2.80. The summed E-state index contributed by atoms with van der Waals surface area (Å²) in [6.07, 6.45) is 3.32. The molecule has 0 atom stereocenters. The maximum atomic E-state index is 10.5. The second-order valence-corrected chi connectivity index (χ2v) is 3.89. The van der Waals surface area contributed by atoms with Crippen molar-refractivity contribution in [2.75, 3.05) is 33.4 Å². The lowest BCUT2D eigenvalue weighted by molar-refractivity contribution is -0.138. The second-order valence-electron chi connectivity index (χ2n) is 3.89. The van der Waals surface area contributed by atoms with Crippen LogP contribution >= 0.6 is 0 Å². The smallest absolute Gasteiger partial charge is 0.317 e. The lowest BCUT2D eigenvalue weighted by Gasteiger charge is -2.30. The number of hydrogen-bond acceptors (Lipinski definition) is 3. The van der Waals surface area contributed by atoms with Gasteiger partial charge in [-0.3, -0.25) is 9.69 Å². The Balaban J connectivity index is 2.14. The lowest BCUT2D eigenvalue weighted by atomic mass is 9.94. The number of methoxy groups -OCH3 is 1. The van der Waals surface area contributed by atoms with Crippen LogP contribution in [0.5, 0.6) is 0 Å². The SMILES string of the molecule is COCCC1CCN(CC(=O)O)CC1. The van der Waals surface area contributed by atoms with Crippen molar-refractivity contribution >= 4 is 5.97 Å². The van der Waals surface area contributed by atoms with Crippen LogP contribution in [0.25, 0.3) is 0 Å². The molecule has 4 heteroatoms. The zero-order valence-corrected chi connectivity index (χ0v) is 8.74. The zero-order chi connectivity index (χ0) is 10.4. The molecule has 0 spiro atoms. The van der Waals surface area contributed by atoms with Crippen LogP contribution in [0, 0.1) is 5.92 Å². The van der Waals surface area contributed by atoms with Gasteiger partial charge in [0.1, 0.15) is 0 Å². The van der Waals surface area contributed by atoms with Gasteiger partial charge in [-0.05, 0) is 38.3 Å². The molecule has 0 bridgehead atoms. The molecule has 0 unspecified atom stereocenters. The first-order chi connectivity index (χ1) is 6.72. The van der Waals surface area contributed by atoms with Crippen LogP contribution in [0.3, 0.4) is 0 Å². The molecular weight excluding hydrogens is 182 g/mol. The molecule has 0 aromatic rings. The molecule has 1 fully saturated rings. The maximum absolute atomic E-state index is 10.5. The van der Waals surface area contributed by atoms with Gasteiger partial charge >= 0.3 is 5.97 Å². The standard InChI is InChI=1S/C10H19NO3/c1-14-7-4-9-2-5-11(6-3-9)8-10(12)13/h9H,2-8H2,1H3,(H,12,13). The number of rotatable bonds is 5. The van der Waals surface area contributed by atoms with Crippen molar-refractivity contribution in [1.82, 2.24) is 4.90 Å². The molecule has 4 nitrogen and oxygen atoms in total. The maximum Gasteiger partial charge on any atom is 0.317 e. The monoisotopic (exact) mass is 201 g/mol. The summed E-state index contributed by atoms with van der Waals surface area (Å²) in [5.74, 6) is 0.000312. The van der Waals surface area contributed by atoms with Crippen LogP contribution in [0.15, 0.2) is 0 Å². The lowest BCUT2D eigenvalue weighted by Crippen LogP contribution is -2.37. The van der Waals surface area contributed by atoms with Crippen molar-refractivity contribution in [3.8, 4) is 0 Å². The highest BCUT2D eigenvalue weighted by Gasteiger charge is 2.19. The molecule has 0 aromatic heterocycles. The fourth-order valence-corrected chi connectivity index (χ4v) is 1.91. The molecule has 0 amide bonds. The average molecular weight is 201 g/mol. The number of carboxylic acid groups (broad SMARTS) is 1. The Kier molecular flexibility index (Phi) is 4.90. The van der Waals surface area contributed by atoms with E-state index in [-0.39, 0.29) is 6.54 Å². The van der Waals surface area contributed by atoms with Crippen molar-refractivity contribution in [2.45, 2.75) is 19.3 Å². The number of carboxylic acids is 1. The number of hydrogen-bond donors (Lipinski definition) is 1. The van der Waals surface area contributed by atoms with E-state index in [1.54, 1.807) is 7.11 Å². The number of aliphatic carboxylic acids is 1. The quantitative estimate of drug-likeness (QED) is 0.715. The van der Waals surface area contributed by atoms with E-state index in [0.717, 1.165) is 44.9 Å². The van der Waals surface area contributed by atoms with Gasteiger partial charge in [-0.15, -0.1) is 0 Å². The number of carbonyl (C=O) groups is 1. The van der Waals surface area contributed by atoms with E-state index >= 15 is 0 Å². The van der Waals surface area contributed by atoms with E-state index in [0.29, 0.717) is 0 Å². The highest BCUT2D eigenvalue weighted by Crippen LogP contribution is 2.19. The molecule has 1 saturated heterocycles. The molecule has 14 heavy (non-hydrogen) atoms. The molecule has 1 aliphatic heterocycles. The fraction of sp³-hybridized carbons (Fsp3) is 0.900. The molecule has 1 heterocycles. The van der Waals surface area contributed by atoms with E-state index in [1.165, 1.54) is 0 Å². The van der Waals surface area contributed by atoms with Crippen LogP contribution in [-0.2, 0) is 9.53 Å². The third-order valence-corrected chi connectivity index (χ3v) is 2.80. The molecule has 0 aromatic carbocycles. The van der Waals surface area contributed by atoms with Crippen LogP contribution in [0.2, 0.25) is 0 Å². The summed E-state index contributed by atoms with van der Waals surface area (Å²) in [5.41, 5.74) is 0. The highest BCUT2D eigenvalue weighted by atomic mass is 16.5. The van der Waals surface area contributed by atoms with Gasteiger partial charge in [0.25, 0.3) is 0 Å². The van der Waals surface area contributed by atoms with E-state index in [9.17, 15) is 4.79 Å². The van der Waals surface area contributed by atoms with Crippen molar-refractivity contribution < 1.29 is 14.6 Å². The Hall–Kier alpha value is -0.610. The number of likely N-dealkylation sites (tertiary alicyclic amines) is 1. The first kappa shape index (κ1) is 11.5. The summed E-state index contributed by atoms with van der Waals surface area (Å²) >= 11 is 0. The third kappa shape index (κ3) is 4.07. The molecular formula is C10H19NO3. The van der Waals surface area contributed by atoms with E-state index in [1.807, 2.05) is 4.90 Å². The molecule has 0 radical (unpaired) electrons. The first-order valence-corrected chi connectivity index (χ1v) is 5.15. The van der Waals surface area contributed by atoms with Gasteiger partial charge in [0.2, 0.25) is 0 Å². The second kappa shape index (κ2) is 5.98. The number of nitrogens with zero attached hydrogens (tertiary/aromatic N) is 1. The Labute approximate surface area is 84.8 Å². The summed E-state index contributed by atoms with van der Waals surface area (Å²) in [4.78, 5) is 12.5. The van der Waals surface area contributed by atoms with Gasteiger partial charge < -0.3 is 9.84 Å². The molecule has 82 valence electrons. The van der Waals surface area contributed by atoms with Crippen LogP contribution < -0.4 is 0 Å². The van der Waals surface area contributed by atoms with Gasteiger partial charge in [0, 0.05) is 13.7 Å². The van der Waals surface area contributed by atoms with Gasteiger partial charge in [0.05, 0.1) is 6.54 Å². The summed E-state index contributed by atoms with van der Waals surface area (Å²) in [5, 5.41) is 8.61. The van der Waals surface area contributed by atoms with Gasteiger partial charge in [-0.25, -0.2) is 0 Å². The van der Waals surface area contributed by atoms with Crippen molar-refractivity contribution in [3.63, 3.8) is 0 Å². The Bertz CT molecular complexity index is 176. The number of piperidine rings is 1. The minimum atomic E-state index is -0.722. The van der Waals surface area contributed by atoms with Crippen molar-refractivity contribution in [3.05, 3.63) is 0 Å². The Morgan fingerprint density at radius 2 is 2.14 bits per heavy atom. The molecule has 0 aliphatic carbocycles. The van der Waals surface area contributed by atoms with Crippen LogP contribution in [0.4, 0.5) is 0 Å². The summed E-state index contributed by atoms with van der Waals surface area (Å²) in [6.45, 7) is 2.85. The predicted molar refractivity (Wildman–Crippen MR) is 53.3 cm³/mol. The number of ether oxygens (including phenoxy) is 1. The van der Waals surface area contributed by atoms with Crippen molar-refractivity contribution in [1.29, 1.82) is 0 Å². The molecule has 1 aliphatic rings. The first-order valence-electron chi connectivity index (χ1n) is 5.15. The Morgan fingerprint density at radius 1 is 1.50 bits per heavy atom. The van der Waals surface area contributed by atoms with Gasteiger partial charge in [-0.2, -0.15) is 0 Å². The van der Waals surface area contributed by atoms with E-state index < -0.39 is 5.97 Å². The largest absolute Gasteiger partial charge is 0.480 e. The van der Waals surface area contributed by atoms with E-state index in [4.69, 9.17) is 9.84 Å². The molecule has 1 rings (SSSR count). The predicted octanol–water partition coefficient (Wildman–Crippen LogP) is 0.820. The normalized spacial score (nSPS) is 19.8. The summed E-state index contributed by atoms with van der Waals surface area (Å²) in [7, 11) is 1.72. The zero-order valence-electron chi connectivity index (χ0n) is 8.74. The minimum absolute atomic E-state index is 0.191. The fourth-order valence-electron chi connectivity index (χ4n) is 1.91. The minimum Gasteiger partial charge on any atom is -0.480 e. The summed E-state index contributed by atoms with van der Waals surface area (Å²) < 4.78 is 5.03. The molecule has 0 saturated carbocycles. The Morgan fingerprint density at radius 3 is 2.64 bits per heavy atom. The molecule has 1 N–H and O–H groups in total. The van der Waals surface area contributed by atoms with Gasteiger partial charge in [-0.1, -0.05) is 0 Å².